The maximum Gasteiger partial charge on any atom is 0.124 e. The minimum Gasteiger partial charge on any atom is -0.399 e. The van der Waals surface area contributed by atoms with Crippen molar-refractivity contribution in [3.05, 3.63) is 47.5 Å². The number of rotatable bonds is 1. The fraction of sp³-hybridized carbons (Fsp3) is 0.133. The predicted octanol–water partition coefficient (Wildman–Crippen LogP) is 4.16. The third-order valence-corrected chi connectivity index (χ3v) is 4.21. The van der Waals surface area contributed by atoms with E-state index in [-0.39, 0.29) is 0 Å². The molecule has 2 nitrogen and oxygen atoms in total. The van der Waals surface area contributed by atoms with Crippen LogP contribution < -0.4 is 5.73 Å². The Morgan fingerprint density at radius 3 is 2.61 bits per heavy atom. The number of hydrogen-bond donors (Lipinski definition) is 1. The minimum absolute atomic E-state index is 0.830. The number of fused-ring (bicyclic) bond motifs is 1. The summed E-state index contributed by atoms with van der Waals surface area (Å²) in [6, 6.07) is 12.4. The molecule has 0 fully saturated rings. The number of aromatic nitrogens is 1. The van der Waals surface area contributed by atoms with Gasteiger partial charge in [0.05, 0.1) is 10.2 Å². The second-order valence-corrected chi connectivity index (χ2v) is 5.54. The Hall–Kier alpha value is -1.87. The normalized spacial score (nSPS) is 11.0. The summed E-state index contributed by atoms with van der Waals surface area (Å²) in [6.45, 7) is 4.12. The molecule has 0 aliphatic heterocycles. The topological polar surface area (TPSA) is 38.9 Å². The Kier molecular flexibility index (Phi) is 2.56. The first-order chi connectivity index (χ1) is 8.65. The quantitative estimate of drug-likeness (QED) is 0.662. The van der Waals surface area contributed by atoms with Crippen LogP contribution in [-0.4, -0.2) is 4.98 Å². The number of para-hydroxylation sites is 1. The molecule has 0 saturated heterocycles. The molecule has 90 valence electrons. The Balaban J connectivity index is 2.19. The third-order valence-electron chi connectivity index (χ3n) is 3.14. The van der Waals surface area contributed by atoms with Crippen molar-refractivity contribution in [1.29, 1.82) is 0 Å². The first-order valence-corrected chi connectivity index (χ1v) is 6.69. The minimum atomic E-state index is 0.830. The fourth-order valence-electron chi connectivity index (χ4n) is 2.02. The van der Waals surface area contributed by atoms with Crippen molar-refractivity contribution in [3.63, 3.8) is 0 Å². The second-order valence-electron chi connectivity index (χ2n) is 4.51. The lowest BCUT2D eigenvalue weighted by molar-refractivity contribution is 1.40. The lowest BCUT2D eigenvalue weighted by Gasteiger charge is -2.01. The molecule has 0 aliphatic carbocycles. The highest BCUT2D eigenvalue weighted by Gasteiger charge is 2.08. The van der Waals surface area contributed by atoms with Crippen molar-refractivity contribution in [2.75, 3.05) is 5.73 Å². The summed E-state index contributed by atoms with van der Waals surface area (Å²) in [7, 11) is 0. The summed E-state index contributed by atoms with van der Waals surface area (Å²) in [5, 5.41) is 1.06. The van der Waals surface area contributed by atoms with Crippen molar-refractivity contribution in [3.8, 4) is 10.6 Å². The maximum absolute atomic E-state index is 5.85. The van der Waals surface area contributed by atoms with Gasteiger partial charge < -0.3 is 5.73 Å². The van der Waals surface area contributed by atoms with Gasteiger partial charge in [-0.25, -0.2) is 4.98 Å². The van der Waals surface area contributed by atoms with Gasteiger partial charge >= 0.3 is 0 Å². The summed E-state index contributed by atoms with van der Waals surface area (Å²) in [4.78, 5) is 4.73. The molecule has 18 heavy (non-hydrogen) atoms. The van der Waals surface area contributed by atoms with Gasteiger partial charge in [-0.05, 0) is 49.2 Å². The Morgan fingerprint density at radius 1 is 1.06 bits per heavy atom. The Morgan fingerprint density at radius 2 is 1.89 bits per heavy atom. The molecule has 0 atom stereocenters. The molecule has 0 bridgehead atoms. The second kappa shape index (κ2) is 4.10. The molecule has 3 heteroatoms. The number of hydrogen-bond acceptors (Lipinski definition) is 3. The smallest absolute Gasteiger partial charge is 0.124 e. The van der Waals surface area contributed by atoms with E-state index in [1.54, 1.807) is 11.3 Å². The van der Waals surface area contributed by atoms with Crippen molar-refractivity contribution >= 4 is 27.2 Å². The van der Waals surface area contributed by atoms with Crippen LogP contribution in [0.3, 0.4) is 0 Å². The van der Waals surface area contributed by atoms with Gasteiger partial charge in [0.25, 0.3) is 0 Å². The summed E-state index contributed by atoms with van der Waals surface area (Å²) in [5.74, 6) is 0. The molecule has 2 aromatic carbocycles. The molecule has 1 heterocycles. The summed E-state index contributed by atoms with van der Waals surface area (Å²) in [6.07, 6.45) is 0. The van der Waals surface area contributed by atoms with E-state index >= 15 is 0 Å². The van der Waals surface area contributed by atoms with Crippen LogP contribution in [0.5, 0.6) is 0 Å². The molecule has 3 rings (SSSR count). The third kappa shape index (κ3) is 1.77. The molecular formula is C15H14N2S. The number of anilines is 1. The van der Waals surface area contributed by atoms with E-state index < -0.39 is 0 Å². The molecule has 3 aromatic rings. The number of nitrogens with zero attached hydrogens (tertiary/aromatic N) is 1. The van der Waals surface area contributed by atoms with Crippen LogP contribution in [0.4, 0.5) is 5.69 Å². The fourth-order valence-corrected chi connectivity index (χ4v) is 3.06. The van der Waals surface area contributed by atoms with Gasteiger partial charge in [-0.15, -0.1) is 11.3 Å². The number of nitrogens with two attached hydrogens (primary N) is 1. The summed E-state index contributed by atoms with van der Waals surface area (Å²) < 4.78 is 1.24. The van der Waals surface area contributed by atoms with Gasteiger partial charge in [0, 0.05) is 11.3 Å². The summed E-state index contributed by atoms with van der Waals surface area (Å²) >= 11 is 1.73. The van der Waals surface area contributed by atoms with Crippen molar-refractivity contribution in [2.45, 2.75) is 13.8 Å². The number of aryl methyl sites for hydroxylation is 2. The average Bonchev–Trinajstić information content (AvgIpc) is 2.78. The predicted molar refractivity (Wildman–Crippen MR) is 78.9 cm³/mol. The highest BCUT2D eigenvalue weighted by molar-refractivity contribution is 7.21. The van der Waals surface area contributed by atoms with Crippen molar-refractivity contribution in [2.24, 2.45) is 0 Å². The monoisotopic (exact) mass is 254 g/mol. The van der Waals surface area contributed by atoms with Gasteiger partial charge in [-0.1, -0.05) is 12.1 Å². The first kappa shape index (κ1) is 11.2. The molecule has 0 radical (unpaired) electrons. The lowest BCUT2D eigenvalue weighted by atomic mass is 10.1. The van der Waals surface area contributed by atoms with E-state index in [4.69, 9.17) is 10.7 Å². The highest BCUT2D eigenvalue weighted by atomic mass is 32.1. The van der Waals surface area contributed by atoms with Gasteiger partial charge in [0.2, 0.25) is 0 Å². The number of benzene rings is 2. The Labute approximate surface area is 110 Å². The number of nitrogen functional groups attached to an aromatic ring is 1. The molecule has 0 amide bonds. The maximum atomic E-state index is 5.85. The zero-order valence-electron chi connectivity index (χ0n) is 10.4. The molecule has 0 saturated carbocycles. The van der Waals surface area contributed by atoms with Gasteiger partial charge in [-0.3, -0.25) is 0 Å². The summed E-state index contributed by atoms with van der Waals surface area (Å²) in [5.41, 5.74) is 11.2. The van der Waals surface area contributed by atoms with Crippen LogP contribution in [0.25, 0.3) is 20.8 Å². The van der Waals surface area contributed by atoms with Gasteiger partial charge in [-0.2, -0.15) is 0 Å². The van der Waals surface area contributed by atoms with E-state index in [0.717, 1.165) is 27.3 Å². The SMILES string of the molecule is Cc1cc(-c2nc3c(C)cccc3s2)ccc1N. The van der Waals surface area contributed by atoms with Gasteiger partial charge in [0.15, 0.2) is 0 Å². The standard InChI is InChI=1S/C15H14N2S/c1-9-4-3-5-13-14(9)17-15(18-13)11-6-7-12(16)10(2)8-11/h3-8H,16H2,1-2H3. The first-order valence-electron chi connectivity index (χ1n) is 5.88. The van der Waals surface area contributed by atoms with E-state index in [9.17, 15) is 0 Å². The lowest BCUT2D eigenvalue weighted by Crippen LogP contribution is -1.89. The van der Waals surface area contributed by atoms with Crippen molar-refractivity contribution in [1.82, 2.24) is 4.98 Å². The van der Waals surface area contributed by atoms with E-state index in [1.165, 1.54) is 10.3 Å². The van der Waals surface area contributed by atoms with Crippen LogP contribution in [0.2, 0.25) is 0 Å². The van der Waals surface area contributed by atoms with Crippen molar-refractivity contribution < 1.29 is 0 Å². The zero-order chi connectivity index (χ0) is 12.7. The average molecular weight is 254 g/mol. The molecule has 0 aliphatic rings. The molecule has 1 aromatic heterocycles. The molecular weight excluding hydrogens is 240 g/mol. The van der Waals surface area contributed by atoms with Gasteiger partial charge in [0.1, 0.15) is 5.01 Å². The van der Waals surface area contributed by atoms with Crippen LogP contribution in [-0.2, 0) is 0 Å². The van der Waals surface area contributed by atoms with Crippen LogP contribution >= 0.6 is 11.3 Å². The van der Waals surface area contributed by atoms with E-state index in [2.05, 4.69) is 31.2 Å². The Bertz CT molecular complexity index is 728. The van der Waals surface area contributed by atoms with Crippen LogP contribution in [0, 0.1) is 13.8 Å². The van der Waals surface area contributed by atoms with Crippen LogP contribution in [0.15, 0.2) is 36.4 Å². The molecule has 0 unspecified atom stereocenters. The molecule has 0 spiro atoms. The van der Waals surface area contributed by atoms with Crippen LogP contribution in [0.1, 0.15) is 11.1 Å². The largest absolute Gasteiger partial charge is 0.399 e. The zero-order valence-corrected chi connectivity index (χ0v) is 11.2. The highest BCUT2D eigenvalue weighted by Crippen LogP contribution is 2.32. The van der Waals surface area contributed by atoms with E-state index in [1.807, 2.05) is 19.1 Å². The molecule has 2 N–H and O–H groups in total. The van der Waals surface area contributed by atoms with E-state index in [0.29, 0.717) is 0 Å². The number of thiazole rings is 1.